The van der Waals surface area contributed by atoms with Crippen LogP contribution >= 0.6 is 0 Å². The molecule has 1 aromatic heterocycles. The number of carboxylic acids is 1. The molecule has 1 atom stereocenters. The number of ether oxygens (including phenoxy) is 1. The molecule has 0 aliphatic carbocycles. The van der Waals surface area contributed by atoms with Gasteiger partial charge in [0.2, 0.25) is 0 Å². The number of rotatable bonds is 4. The number of nitrogens with zero attached hydrogens (tertiary/aromatic N) is 4. The first-order chi connectivity index (χ1) is 10.7. The molecule has 0 amide bonds. The Balaban J connectivity index is 1.96. The highest BCUT2D eigenvalue weighted by Gasteiger charge is 2.27. The Labute approximate surface area is 126 Å². The molecule has 1 fully saturated rings. The molecule has 0 radical (unpaired) electrons. The van der Waals surface area contributed by atoms with E-state index in [0.29, 0.717) is 17.9 Å². The van der Waals surface area contributed by atoms with Crippen LogP contribution in [0.1, 0.15) is 35.9 Å². The van der Waals surface area contributed by atoms with Gasteiger partial charge in [-0.05, 0) is 30.5 Å². The summed E-state index contributed by atoms with van der Waals surface area (Å²) in [5, 5.41) is 25.9. The zero-order valence-electron chi connectivity index (χ0n) is 11.8. The average Bonchev–Trinajstić information content (AvgIpc) is 3.16. The van der Waals surface area contributed by atoms with Gasteiger partial charge in [0, 0.05) is 6.61 Å². The van der Waals surface area contributed by atoms with E-state index in [4.69, 9.17) is 9.84 Å². The number of aliphatic carboxylic acids is 1. The van der Waals surface area contributed by atoms with Crippen LogP contribution in [0.2, 0.25) is 0 Å². The molecule has 1 unspecified atom stereocenters. The number of carboxylic acid groups (broad SMARTS) is 1. The topological polar surface area (TPSA) is 101 Å². The molecule has 0 bridgehead atoms. The predicted molar refractivity (Wildman–Crippen MR) is 75.3 cm³/mol. The van der Waals surface area contributed by atoms with Crippen LogP contribution in [-0.4, -0.2) is 32.7 Å². The van der Waals surface area contributed by atoms with E-state index < -0.39 is 5.97 Å². The maximum Gasteiger partial charge on any atom is 0.307 e. The standard InChI is InChI=1S/C15H14N4O3/c16-9-12-15(13-2-1-7-22-13)19(18-17-12)11-5-3-10(4-6-11)8-14(20)21/h3-6,13H,1-2,7-8H2,(H,20,21). The normalized spacial score (nSPS) is 17.3. The highest BCUT2D eigenvalue weighted by atomic mass is 16.5. The van der Waals surface area contributed by atoms with Crippen molar-refractivity contribution in [3.8, 4) is 11.8 Å². The third-order valence-electron chi connectivity index (χ3n) is 3.58. The molecule has 7 heteroatoms. The maximum atomic E-state index is 10.7. The second-order valence-corrected chi connectivity index (χ2v) is 5.09. The maximum absolute atomic E-state index is 10.7. The molecule has 2 heterocycles. The summed E-state index contributed by atoms with van der Waals surface area (Å²) in [4.78, 5) is 10.7. The summed E-state index contributed by atoms with van der Waals surface area (Å²) in [6, 6.07) is 9.05. The quantitative estimate of drug-likeness (QED) is 0.920. The highest BCUT2D eigenvalue weighted by molar-refractivity contribution is 5.70. The van der Waals surface area contributed by atoms with Crippen LogP contribution in [0.3, 0.4) is 0 Å². The smallest absolute Gasteiger partial charge is 0.307 e. The van der Waals surface area contributed by atoms with E-state index >= 15 is 0 Å². The Kier molecular flexibility index (Phi) is 3.85. The number of hydrogen-bond donors (Lipinski definition) is 1. The number of aromatic nitrogens is 3. The lowest BCUT2D eigenvalue weighted by Gasteiger charge is -2.12. The van der Waals surface area contributed by atoms with Crippen molar-refractivity contribution in [1.29, 1.82) is 5.26 Å². The number of nitriles is 1. The van der Waals surface area contributed by atoms with Crippen molar-refractivity contribution in [3.63, 3.8) is 0 Å². The number of benzene rings is 1. The summed E-state index contributed by atoms with van der Waals surface area (Å²) in [5.41, 5.74) is 2.36. The Morgan fingerprint density at radius 1 is 1.45 bits per heavy atom. The molecule has 22 heavy (non-hydrogen) atoms. The summed E-state index contributed by atoms with van der Waals surface area (Å²) in [7, 11) is 0. The Morgan fingerprint density at radius 2 is 2.23 bits per heavy atom. The van der Waals surface area contributed by atoms with Gasteiger partial charge in [-0.15, -0.1) is 5.10 Å². The molecular weight excluding hydrogens is 284 g/mol. The summed E-state index contributed by atoms with van der Waals surface area (Å²) >= 11 is 0. The van der Waals surface area contributed by atoms with Gasteiger partial charge in [0.1, 0.15) is 17.9 Å². The van der Waals surface area contributed by atoms with Gasteiger partial charge in [-0.1, -0.05) is 17.3 Å². The SMILES string of the molecule is N#Cc1nnn(-c2ccc(CC(=O)O)cc2)c1C1CCCO1. The molecular formula is C15H14N4O3. The molecule has 1 N–H and O–H groups in total. The van der Waals surface area contributed by atoms with Crippen molar-refractivity contribution in [1.82, 2.24) is 15.0 Å². The molecule has 7 nitrogen and oxygen atoms in total. The lowest BCUT2D eigenvalue weighted by molar-refractivity contribution is -0.136. The van der Waals surface area contributed by atoms with Gasteiger partial charge < -0.3 is 9.84 Å². The van der Waals surface area contributed by atoms with E-state index in [1.54, 1.807) is 28.9 Å². The molecule has 3 rings (SSSR count). The molecule has 1 aromatic carbocycles. The van der Waals surface area contributed by atoms with Crippen molar-refractivity contribution >= 4 is 5.97 Å². The van der Waals surface area contributed by atoms with Crippen LogP contribution in [0.25, 0.3) is 5.69 Å². The fourth-order valence-corrected chi connectivity index (χ4v) is 2.57. The molecule has 1 aliphatic rings. The lowest BCUT2D eigenvalue weighted by atomic mass is 10.1. The predicted octanol–water partition coefficient (Wildman–Crippen LogP) is 1.62. The zero-order valence-corrected chi connectivity index (χ0v) is 11.8. The van der Waals surface area contributed by atoms with Crippen LogP contribution in [0, 0.1) is 11.3 Å². The van der Waals surface area contributed by atoms with Gasteiger partial charge >= 0.3 is 5.97 Å². The summed E-state index contributed by atoms with van der Waals surface area (Å²) < 4.78 is 7.24. The van der Waals surface area contributed by atoms with Gasteiger partial charge in [-0.2, -0.15) is 5.26 Å². The molecule has 112 valence electrons. The Hall–Kier alpha value is -2.72. The molecule has 0 saturated carbocycles. The zero-order chi connectivity index (χ0) is 15.5. The first-order valence-electron chi connectivity index (χ1n) is 6.97. The van der Waals surface area contributed by atoms with Crippen LogP contribution in [0.15, 0.2) is 24.3 Å². The monoisotopic (exact) mass is 298 g/mol. The van der Waals surface area contributed by atoms with Crippen LogP contribution in [0.5, 0.6) is 0 Å². The van der Waals surface area contributed by atoms with Crippen LogP contribution in [-0.2, 0) is 16.0 Å². The van der Waals surface area contributed by atoms with Crippen molar-refractivity contribution in [3.05, 3.63) is 41.2 Å². The van der Waals surface area contributed by atoms with E-state index in [-0.39, 0.29) is 18.2 Å². The molecule has 0 spiro atoms. The molecule has 1 saturated heterocycles. The largest absolute Gasteiger partial charge is 0.481 e. The first-order valence-corrected chi connectivity index (χ1v) is 6.97. The summed E-state index contributed by atoms with van der Waals surface area (Å²) in [6.07, 6.45) is 1.57. The third kappa shape index (κ3) is 2.69. The highest BCUT2D eigenvalue weighted by Crippen LogP contribution is 2.31. The molecule has 1 aliphatic heterocycles. The number of hydrogen-bond acceptors (Lipinski definition) is 5. The van der Waals surface area contributed by atoms with E-state index in [0.717, 1.165) is 18.5 Å². The summed E-state index contributed by atoms with van der Waals surface area (Å²) in [6.45, 7) is 0.665. The fraction of sp³-hybridized carbons (Fsp3) is 0.333. The molecule has 2 aromatic rings. The van der Waals surface area contributed by atoms with Gasteiger partial charge in [-0.3, -0.25) is 4.79 Å². The summed E-state index contributed by atoms with van der Waals surface area (Å²) in [5.74, 6) is -0.875. The minimum absolute atomic E-state index is 0.0281. The Bertz CT molecular complexity index is 724. The van der Waals surface area contributed by atoms with E-state index in [9.17, 15) is 10.1 Å². The van der Waals surface area contributed by atoms with Gasteiger partial charge in [0.05, 0.1) is 12.1 Å². The van der Waals surface area contributed by atoms with Crippen molar-refractivity contribution < 1.29 is 14.6 Å². The van der Waals surface area contributed by atoms with Crippen LogP contribution < -0.4 is 0 Å². The van der Waals surface area contributed by atoms with Gasteiger partial charge in [0.25, 0.3) is 0 Å². The fourth-order valence-electron chi connectivity index (χ4n) is 2.57. The second kappa shape index (κ2) is 5.95. The van der Waals surface area contributed by atoms with Crippen molar-refractivity contribution in [2.45, 2.75) is 25.4 Å². The van der Waals surface area contributed by atoms with E-state index in [1.165, 1.54) is 0 Å². The first kappa shape index (κ1) is 14.2. The van der Waals surface area contributed by atoms with Gasteiger partial charge in [0.15, 0.2) is 5.69 Å². The van der Waals surface area contributed by atoms with Crippen LogP contribution in [0.4, 0.5) is 0 Å². The third-order valence-corrected chi connectivity index (χ3v) is 3.58. The Morgan fingerprint density at radius 3 is 2.82 bits per heavy atom. The lowest BCUT2D eigenvalue weighted by Crippen LogP contribution is -2.08. The number of carbonyl (C=O) groups is 1. The van der Waals surface area contributed by atoms with E-state index in [2.05, 4.69) is 10.3 Å². The van der Waals surface area contributed by atoms with E-state index in [1.807, 2.05) is 6.07 Å². The minimum atomic E-state index is -0.875. The second-order valence-electron chi connectivity index (χ2n) is 5.09. The van der Waals surface area contributed by atoms with Crippen molar-refractivity contribution in [2.75, 3.05) is 6.61 Å². The van der Waals surface area contributed by atoms with Gasteiger partial charge in [-0.25, -0.2) is 4.68 Å². The van der Waals surface area contributed by atoms with Crippen molar-refractivity contribution in [2.24, 2.45) is 0 Å². The minimum Gasteiger partial charge on any atom is -0.481 e. The average molecular weight is 298 g/mol.